The maximum Gasteiger partial charge on any atom is 0.339 e. The summed E-state index contributed by atoms with van der Waals surface area (Å²) in [5, 5.41) is 9.15. The molecule has 1 rings (SSSR count). The molecule has 0 saturated heterocycles. The Labute approximate surface area is 114 Å². The van der Waals surface area contributed by atoms with Gasteiger partial charge in [0.25, 0.3) is 0 Å². The lowest BCUT2D eigenvalue weighted by Crippen LogP contribution is -2.18. The van der Waals surface area contributed by atoms with Gasteiger partial charge in [-0.05, 0) is 18.8 Å². The number of hydrogen-bond donors (Lipinski definition) is 1. The highest BCUT2D eigenvalue weighted by atomic mass is 16.5. The molecule has 0 aromatic carbocycles. The van der Waals surface area contributed by atoms with E-state index in [2.05, 4.69) is 9.97 Å². The summed E-state index contributed by atoms with van der Waals surface area (Å²) in [7, 11) is 0. The molecule has 1 atom stereocenters. The van der Waals surface area contributed by atoms with E-state index in [-0.39, 0.29) is 23.5 Å². The van der Waals surface area contributed by atoms with Crippen LogP contribution < -0.4 is 0 Å². The Morgan fingerprint density at radius 1 is 1.37 bits per heavy atom. The van der Waals surface area contributed by atoms with Crippen molar-refractivity contribution >= 4 is 5.97 Å². The number of carbonyl (C=O) groups is 1. The number of aromatic carboxylic acids is 1. The molecule has 0 aliphatic rings. The first-order valence-electron chi connectivity index (χ1n) is 6.60. The zero-order valence-electron chi connectivity index (χ0n) is 12.2. The largest absolute Gasteiger partial charge is 0.478 e. The van der Waals surface area contributed by atoms with Crippen molar-refractivity contribution in [1.82, 2.24) is 9.97 Å². The number of ether oxygens (including phenoxy) is 1. The van der Waals surface area contributed by atoms with Crippen molar-refractivity contribution in [3.8, 4) is 0 Å². The fraction of sp³-hybridized carbons (Fsp3) is 0.643. The molecule has 1 unspecified atom stereocenters. The molecule has 19 heavy (non-hydrogen) atoms. The van der Waals surface area contributed by atoms with Crippen LogP contribution in [0.25, 0.3) is 0 Å². The Bertz CT molecular complexity index is 444. The average molecular weight is 266 g/mol. The fourth-order valence-corrected chi connectivity index (χ4v) is 1.90. The standard InChI is InChI=1S/C14H22N2O3/c1-6-19-12(9(4)5)13-15-7-10(14(17)18)11(16-13)8(2)3/h7-9,12H,6H2,1-5H3,(H,17,18). The number of carboxylic acid groups (broad SMARTS) is 1. The summed E-state index contributed by atoms with van der Waals surface area (Å²) < 4.78 is 5.65. The third-order valence-electron chi connectivity index (χ3n) is 2.82. The minimum Gasteiger partial charge on any atom is -0.478 e. The van der Waals surface area contributed by atoms with E-state index in [0.29, 0.717) is 18.1 Å². The SMILES string of the molecule is CCOC(c1ncc(C(=O)O)c(C(C)C)n1)C(C)C. The van der Waals surface area contributed by atoms with Crippen molar-refractivity contribution in [3.05, 3.63) is 23.3 Å². The Balaban J connectivity index is 3.23. The van der Waals surface area contributed by atoms with Crippen LogP contribution in [0.15, 0.2) is 6.20 Å². The van der Waals surface area contributed by atoms with Crippen LogP contribution in [0.4, 0.5) is 0 Å². The molecule has 1 aromatic rings. The van der Waals surface area contributed by atoms with E-state index in [1.54, 1.807) is 0 Å². The summed E-state index contributed by atoms with van der Waals surface area (Å²) in [4.78, 5) is 19.7. The molecule has 0 aliphatic heterocycles. The van der Waals surface area contributed by atoms with E-state index in [1.807, 2.05) is 34.6 Å². The van der Waals surface area contributed by atoms with Gasteiger partial charge in [0.15, 0.2) is 5.82 Å². The monoisotopic (exact) mass is 266 g/mol. The van der Waals surface area contributed by atoms with Gasteiger partial charge in [-0.3, -0.25) is 0 Å². The summed E-state index contributed by atoms with van der Waals surface area (Å²) in [6.45, 7) is 10.4. The molecule has 0 saturated carbocycles. The van der Waals surface area contributed by atoms with Crippen LogP contribution in [0.1, 0.15) is 68.5 Å². The van der Waals surface area contributed by atoms with Crippen LogP contribution in [0.3, 0.4) is 0 Å². The van der Waals surface area contributed by atoms with Gasteiger partial charge >= 0.3 is 5.97 Å². The smallest absolute Gasteiger partial charge is 0.339 e. The Morgan fingerprint density at radius 3 is 2.42 bits per heavy atom. The molecule has 0 radical (unpaired) electrons. The normalized spacial score (nSPS) is 13.0. The number of nitrogens with zero attached hydrogens (tertiary/aromatic N) is 2. The summed E-state index contributed by atoms with van der Waals surface area (Å²) in [6, 6.07) is 0. The van der Waals surface area contributed by atoms with Gasteiger partial charge in [0, 0.05) is 12.8 Å². The van der Waals surface area contributed by atoms with E-state index in [4.69, 9.17) is 9.84 Å². The van der Waals surface area contributed by atoms with Crippen LogP contribution in [-0.4, -0.2) is 27.7 Å². The number of hydrogen-bond acceptors (Lipinski definition) is 4. The van der Waals surface area contributed by atoms with Crippen molar-refractivity contribution < 1.29 is 14.6 Å². The highest BCUT2D eigenvalue weighted by molar-refractivity contribution is 5.88. The van der Waals surface area contributed by atoms with Gasteiger partial charge in [0.2, 0.25) is 0 Å². The minimum atomic E-state index is -0.993. The summed E-state index contributed by atoms with van der Waals surface area (Å²) in [6.07, 6.45) is 1.18. The average Bonchev–Trinajstić information content (AvgIpc) is 2.34. The van der Waals surface area contributed by atoms with E-state index >= 15 is 0 Å². The van der Waals surface area contributed by atoms with Crippen molar-refractivity contribution in [2.75, 3.05) is 6.61 Å². The first-order valence-corrected chi connectivity index (χ1v) is 6.60. The van der Waals surface area contributed by atoms with Crippen molar-refractivity contribution in [1.29, 1.82) is 0 Å². The number of carboxylic acids is 1. The van der Waals surface area contributed by atoms with Crippen LogP contribution in [0.5, 0.6) is 0 Å². The molecule has 0 fully saturated rings. The van der Waals surface area contributed by atoms with Crippen LogP contribution in [-0.2, 0) is 4.74 Å². The van der Waals surface area contributed by atoms with Crippen LogP contribution in [0, 0.1) is 5.92 Å². The molecule has 1 aromatic heterocycles. The van der Waals surface area contributed by atoms with Crippen molar-refractivity contribution in [3.63, 3.8) is 0 Å². The predicted molar refractivity (Wildman–Crippen MR) is 72.3 cm³/mol. The third-order valence-corrected chi connectivity index (χ3v) is 2.82. The molecule has 0 aliphatic carbocycles. The van der Waals surface area contributed by atoms with E-state index in [9.17, 15) is 4.79 Å². The molecular weight excluding hydrogens is 244 g/mol. The Hall–Kier alpha value is -1.49. The lowest BCUT2D eigenvalue weighted by Gasteiger charge is -2.20. The van der Waals surface area contributed by atoms with Gasteiger partial charge in [-0.25, -0.2) is 14.8 Å². The first-order chi connectivity index (χ1) is 8.88. The molecule has 0 bridgehead atoms. The quantitative estimate of drug-likeness (QED) is 0.856. The van der Waals surface area contributed by atoms with Gasteiger partial charge < -0.3 is 9.84 Å². The molecule has 5 nitrogen and oxygen atoms in total. The van der Waals surface area contributed by atoms with E-state index in [0.717, 1.165) is 0 Å². The summed E-state index contributed by atoms with van der Waals surface area (Å²) in [5.41, 5.74) is 0.723. The minimum absolute atomic E-state index is 0.0299. The maximum absolute atomic E-state index is 11.2. The van der Waals surface area contributed by atoms with Gasteiger partial charge in [-0.2, -0.15) is 0 Å². The van der Waals surface area contributed by atoms with Crippen LogP contribution in [0.2, 0.25) is 0 Å². The highest BCUT2D eigenvalue weighted by Gasteiger charge is 2.23. The van der Waals surface area contributed by atoms with Gasteiger partial charge in [-0.1, -0.05) is 27.7 Å². The molecule has 5 heteroatoms. The van der Waals surface area contributed by atoms with E-state index in [1.165, 1.54) is 6.20 Å². The fourth-order valence-electron chi connectivity index (χ4n) is 1.90. The second-order valence-electron chi connectivity index (χ2n) is 5.11. The van der Waals surface area contributed by atoms with E-state index < -0.39 is 5.97 Å². The van der Waals surface area contributed by atoms with Gasteiger partial charge in [-0.15, -0.1) is 0 Å². The molecule has 106 valence electrons. The zero-order valence-corrected chi connectivity index (χ0v) is 12.2. The highest BCUT2D eigenvalue weighted by Crippen LogP contribution is 2.25. The lowest BCUT2D eigenvalue weighted by atomic mass is 10.0. The summed E-state index contributed by atoms with van der Waals surface area (Å²) in [5.74, 6) is -0.170. The number of aromatic nitrogens is 2. The molecular formula is C14H22N2O3. The maximum atomic E-state index is 11.2. The third kappa shape index (κ3) is 3.73. The Morgan fingerprint density at radius 2 is 2.00 bits per heavy atom. The molecule has 1 heterocycles. The molecule has 0 spiro atoms. The second kappa shape index (κ2) is 6.61. The van der Waals surface area contributed by atoms with Gasteiger partial charge in [0.1, 0.15) is 6.10 Å². The predicted octanol–water partition coefficient (Wildman–Crippen LogP) is 3.03. The molecule has 0 amide bonds. The van der Waals surface area contributed by atoms with Crippen LogP contribution >= 0.6 is 0 Å². The lowest BCUT2D eigenvalue weighted by molar-refractivity contribution is 0.0229. The first kappa shape index (κ1) is 15.6. The second-order valence-corrected chi connectivity index (χ2v) is 5.11. The van der Waals surface area contributed by atoms with Crippen molar-refractivity contribution in [2.24, 2.45) is 5.92 Å². The number of rotatable bonds is 6. The van der Waals surface area contributed by atoms with Crippen molar-refractivity contribution in [2.45, 2.75) is 46.6 Å². The Kier molecular flexibility index (Phi) is 5.42. The summed E-state index contributed by atoms with van der Waals surface area (Å²) >= 11 is 0. The molecule has 1 N–H and O–H groups in total. The zero-order chi connectivity index (χ0) is 14.6. The van der Waals surface area contributed by atoms with Gasteiger partial charge in [0.05, 0.1) is 11.3 Å². The topological polar surface area (TPSA) is 72.3 Å².